The summed E-state index contributed by atoms with van der Waals surface area (Å²) in [5.41, 5.74) is 9.47. The summed E-state index contributed by atoms with van der Waals surface area (Å²) in [6, 6.07) is 14.6. The monoisotopic (exact) mass is 743 g/mol. The number of H-pyrrole nitrogens is 2. The normalized spacial score (nSPS) is 17.9. The third-order valence-electron chi connectivity index (χ3n) is 10.5. The molecule has 284 valence electrons. The fourth-order valence-electron chi connectivity index (χ4n) is 7.35. The van der Waals surface area contributed by atoms with Gasteiger partial charge in [0.25, 0.3) is 0 Å². The molecule has 1 aliphatic heterocycles. The lowest BCUT2D eigenvalue weighted by molar-refractivity contribution is -0.130. The third-order valence-corrected chi connectivity index (χ3v) is 11.4. The Morgan fingerprint density at radius 1 is 0.906 bits per heavy atom. The smallest absolute Gasteiger partial charge is 0.318 e. The van der Waals surface area contributed by atoms with Crippen LogP contribution in [0.15, 0.2) is 72.3 Å². The maximum absolute atomic E-state index is 14.2. The molecule has 2 fully saturated rings. The number of amides is 4. The van der Waals surface area contributed by atoms with Gasteiger partial charge in [0.05, 0.1) is 29.5 Å². The quantitative estimate of drug-likeness (QED) is 0.0836. The second-order valence-corrected chi connectivity index (χ2v) is 15.6. The minimum absolute atomic E-state index is 0.0556. The molecular formula is C39H53N9O4S. The van der Waals surface area contributed by atoms with Crippen LogP contribution in [-0.2, 0) is 22.4 Å². The minimum Gasteiger partial charge on any atom is -0.391 e. The number of carbonyl (C=O) groups excluding carboxylic acids is 3. The van der Waals surface area contributed by atoms with Crippen molar-refractivity contribution in [1.82, 2.24) is 40.8 Å². The number of thioether (sulfide) groups is 1. The van der Waals surface area contributed by atoms with Crippen LogP contribution in [0.2, 0.25) is 0 Å². The van der Waals surface area contributed by atoms with Crippen LogP contribution in [0.4, 0.5) is 4.79 Å². The first-order chi connectivity index (χ1) is 25.8. The molecule has 4 aromatic rings. The second-order valence-electron chi connectivity index (χ2n) is 14.5. The lowest BCUT2D eigenvalue weighted by atomic mass is 9.83. The van der Waals surface area contributed by atoms with Crippen LogP contribution in [-0.4, -0.2) is 96.9 Å². The highest BCUT2D eigenvalue weighted by Gasteiger charge is 2.33. The van der Waals surface area contributed by atoms with E-state index in [0.717, 1.165) is 47.4 Å². The van der Waals surface area contributed by atoms with Gasteiger partial charge in [0, 0.05) is 49.6 Å². The van der Waals surface area contributed by atoms with Crippen LogP contribution in [0.3, 0.4) is 0 Å². The molecule has 0 radical (unpaired) electrons. The van der Waals surface area contributed by atoms with E-state index < -0.39 is 36.0 Å². The van der Waals surface area contributed by atoms with Crippen LogP contribution in [0.5, 0.6) is 0 Å². The van der Waals surface area contributed by atoms with Gasteiger partial charge in [0.2, 0.25) is 11.8 Å². The van der Waals surface area contributed by atoms with Gasteiger partial charge in [0.1, 0.15) is 12.1 Å². The van der Waals surface area contributed by atoms with Crippen LogP contribution in [0.1, 0.15) is 69.0 Å². The Kier molecular flexibility index (Phi) is 13.8. The number of carbonyl (C=O) groups is 3. The number of hydrogen-bond acceptors (Lipinski definition) is 8. The van der Waals surface area contributed by atoms with Crippen molar-refractivity contribution in [2.45, 2.75) is 106 Å². The number of piperidine rings is 1. The van der Waals surface area contributed by atoms with Crippen LogP contribution in [0, 0.1) is 5.92 Å². The summed E-state index contributed by atoms with van der Waals surface area (Å²) >= 11 is 1.54. The molecule has 0 unspecified atom stereocenters. The molecule has 1 aliphatic carbocycles. The van der Waals surface area contributed by atoms with Gasteiger partial charge in [-0.1, -0.05) is 86.3 Å². The molecule has 4 amide bonds. The van der Waals surface area contributed by atoms with E-state index in [1.54, 1.807) is 22.9 Å². The van der Waals surface area contributed by atoms with Crippen molar-refractivity contribution in [3.8, 4) is 0 Å². The molecule has 2 aromatic heterocycles. The molecule has 2 aromatic carbocycles. The van der Waals surface area contributed by atoms with E-state index in [1.807, 2.05) is 54.6 Å². The summed E-state index contributed by atoms with van der Waals surface area (Å²) in [5.74, 6) is 0.132. The highest BCUT2D eigenvalue weighted by molar-refractivity contribution is 7.99. The summed E-state index contributed by atoms with van der Waals surface area (Å²) in [4.78, 5) is 58.6. The van der Waals surface area contributed by atoms with Crippen molar-refractivity contribution in [1.29, 1.82) is 0 Å². The van der Waals surface area contributed by atoms with Gasteiger partial charge < -0.3 is 41.7 Å². The molecule has 0 bridgehead atoms. The molecule has 14 heteroatoms. The summed E-state index contributed by atoms with van der Waals surface area (Å²) in [5, 5.41) is 21.5. The van der Waals surface area contributed by atoms with Crippen LogP contribution >= 0.6 is 11.8 Å². The zero-order valence-electron chi connectivity index (χ0n) is 30.2. The van der Waals surface area contributed by atoms with E-state index >= 15 is 0 Å². The number of hydrogen-bond donors (Lipinski definition) is 7. The number of nitrogens with two attached hydrogens (primary N) is 1. The lowest BCUT2D eigenvalue weighted by Gasteiger charge is -2.33. The minimum atomic E-state index is -0.989. The number of nitrogens with zero attached hydrogens (tertiary/aromatic N) is 3. The summed E-state index contributed by atoms with van der Waals surface area (Å²) in [6.07, 6.45) is 10.9. The zero-order chi connectivity index (χ0) is 37.0. The number of aliphatic hydroxyl groups excluding tert-OH is 1. The standard InChI is InChI=1S/C39H53N9O4S/c40-28-15-18-48(19-16-28)39(52)47-33(22-27-11-5-2-6-12-27)36(50)44-34(23-29-24-41-25-42-29)37(51)43-32(21-26-9-3-1-4-10-26)35(49)17-20-53-38-45-30-13-7-8-14-31(30)46-38/h2,5-8,11-14,24-26,28,32-35,49H,1,3-4,9-10,15-23,40H2,(H,41,42)(H,43,51)(H,44,50)(H,45,46)(H,47,52)/t32-,33-,34-,35-/m0/s1. The SMILES string of the molecule is NC1CCN(C(=O)N[C@@H](Cc2ccccc2)C(=O)N[C@@H](Cc2cnc[nH]2)C(=O)N[C@@H](CC2CCCCC2)[C@@H](O)CCSc2nc3ccccc3[nH]2)CC1. The summed E-state index contributed by atoms with van der Waals surface area (Å²) < 4.78 is 0. The number of imidazole rings is 2. The van der Waals surface area contributed by atoms with E-state index in [-0.39, 0.29) is 24.9 Å². The van der Waals surface area contributed by atoms with Crippen molar-refractivity contribution in [3.05, 3.63) is 78.4 Å². The van der Waals surface area contributed by atoms with Gasteiger partial charge in [-0.2, -0.15) is 0 Å². The number of para-hydroxylation sites is 2. The predicted molar refractivity (Wildman–Crippen MR) is 206 cm³/mol. The molecule has 6 rings (SSSR count). The van der Waals surface area contributed by atoms with Gasteiger partial charge in [-0.15, -0.1) is 0 Å². The zero-order valence-corrected chi connectivity index (χ0v) is 31.0. The highest BCUT2D eigenvalue weighted by atomic mass is 32.2. The number of urea groups is 1. The number of likely N-dealkylation sites (tertiary alicyclic amines) is 1. The number of benzene rings is 2. The van der Waals surface area contributed by atoms with Crippen molar-refractivity contribution in [3.63, 3.8) is 0 Å². The Balaban J connectivity index is 1.15. The Morgan fingerprint density at radius 2 is 1.62 bits per heavy atom. The van der Waals surface area contributed by atoms with E-state index in [4.69, 9.17) is 5.73 Å². The molecular weight excluding hydrogens is 691 g/mol. The Morgan fingerprint density at radius 3 is 2.36 bits per heavy atom. The lowest BCUT2D eigenvalue weighted by Crippen LogP contribution is -2.59. The van der Waals surface area contributed by atoms with E-state index in [2.05, 4.69) is 35.9 Å². The average molecular weight is 744 g/mol. The van der Waals surface area contributed by atoms with Gasteiger partial charge in [-0.25, -0.2) is 14.8 Å². The number of aromatic nitrogens is 4. The maximum atomic E-state index is 14.2. The maximum Gasteiger partial charge on any atom is 0.318 e. The molecule has 0 spiro atoms. The highest BCUT2D eigenvalue weighted by Crippen LogP contribution is 2.29. The first kappa shape index (κ1) is 38.3. The number of rotatable bonds is 16. The number of aliphatic hydroxyl groups is 1. The van der Waals surface area contributed by atoms with Gasteiger partial charge >= 0.3 is 6.03 Å². The van der Waals surface area contributed by atoms with E-state index in [9.17, 15) is 19.5 Å². The topological polar surface area (TPSA) is 194 Å². The molecule has 13 nitrogen and oxygen atoms in total. The Bertz CT molecular complexity index is 1710. The number of nitrogens with one attached hydrogen (secondary N) is 5. The molecule has 1 saturated carbocycles. The van der Waals surface area contributed by atoms with E-state index in [1.165, 1.54) is 12.7 Å². The Hall–Kier alpha value is -4.40. The Labute approximate surface area is 315 Å². The third kappa shape index (κ3) is 11.3. The molecule has 4 atom stereocenters. The van der Waals surface area contributed by atoms with Gasteiger partial charge in [0.15, 0.2) is 5.16 Å². The van der Waals surface area contributed by atoms with Crippen molar-refractivity contribution >= 4 is 40.6 Å². The molecule has 3 heterocycles. The van der Waals surface area contributed by atoms with Crippen molar-refractivity contribution in [2.75, 3.05) is 18.8 Å². The molecule has 53 heavy (non-hydrogen) atoms. The molecule has 8 N–H and O–H groups in total. The van der Waals surface area contributed by atoms with Crippen molar-refractivity contribution in [2.24, 2.45) is 11.7 Å². The molecule has 1 saturated heterocycles. The summed E-state index contributed by atoms with van der Waals surface area (Å²) in [7, 11) is 0. The number of aromatic amines is 2. The van der Waals surface area contributed by atoms with Gasteiger partial charge in [-0.3, -0.25) is 9.59 Å². The molecule has 2 aliphatic rings. The largest absolute Gasteiger partial charge is 0.391 e. The predicted octanol–water partition coefficient (Wildman–Crippen LogP) is 4.06. The van der Waals surface area contributed by atoms with E-state index in [0.29, 0.717) is 56.1 Å². The van der Waals surface area contributed by atoms with Crippen molar-refractivity contribution < 1.29 is 19.5 Å². The fourth-order valence-corrected chi connectivity index (χ4v) is 8.25. The first-order valence-corrected chi connectivity index (χ1v) is 20.0. The second kappa shape index (κ2) is 19.1. The number of fused-ring (bicyclic) bond motifs is 1. The first-order valence-electron chi connectivity index (χ1n) is 19.0. The van der Waals surface area contributed by atoms with Crippen LogP contribution < -0.4 is 21.7 Å². The van der Waals surface area contributed by atoms with Gasteiger partial charge in [-0.05, 0) is 49.3 Å². The van der Waals surface area contributed by atoms with Crippen LogP contribution in [0.25, 0.3) is 11.0 Å². The fraction of sp³-hybridized carbons (Fsp3) is 0.513. The summed E-state index contributed by atoms with van der Waals surface area (Å²) in [6.45, 7) is 1.03. The average Bonchev–Trinajstić information content (AvgIpc) is 3.85.